The molecule has 2 aromatic rings. The minimum Gasteiger partial charge on any atom is -0.340 e. The lowest BCUT2D eigenvalue weighted by atomic mass is 10.2. The second-order valence-corrected chi connectivity index (χ2v) is 8.64. The molecule has 0 spiro atoms. The molecule has 144 valence electrons. The number of nitrogens with zero attached hydrogens (tertiary/aromatic N) is 3. The van der Waals surface area contributed by atoms with Crippen LogP contribution in [0.15, 0.2) is 24.3 Å². The summed E-state index contributed by atoms with van der Waals surface area (Å²) in [4.78, 5) is 22.4. The first kappa shape index (κ1) is 19.2. The normalized spacial score (nSPS) is 18.3. The van der Waals surface area contributed by atoms with Gasteiger partial charge in [-0.3, -0.25) is 4.79 Å². The maximum absolute atomic E-state index is 13.7. The van der Waals surface area contributed by atoms with Crippen molar-refractivity contribution < 1.29 is 22.0 Å². The summed E-state index contributed by atoms with van der Waals surface area (Å²) in [5, 5.41) is 2.18. The van der Waals surface area contributed by atoms with E-state index in [2.05, 4.69) is 15.3 Å². The minimum absolute atomic E-state index is 0.0111. The Hall–Kier alpha value is -2.62. The number of halogens is 2. The van der Waals surface area contributed by atoms with Crippen molar-refractivity contribution in [3.05, 3.63) is 47.3 Å². The lowest BCUT2D eigenvalue weighted by Gasteiger charge is -2.23. The third-order valence-corrected chi connectivity index (χ3v) is 6.10. The van der Waals surface area contributed by atoms with Gasteiger partial charge >= 0.3 is 0 Å². The summed E-state index contributed by atoms with van der Waals surface area (Å²) in [6, 6.07) is 4.35. The molecule has 1 aromatic heterocycles. The van der Waals surface area contributed by atoms with E-state index in [1.807, 2.05) is 0 Å². The molecule has 3 rings (SSSR count). The number of hydrogen-bond acceptors (Lipinski definition) is 6. The van der Waals surface area contributed by atoms with E-state index in [0.717, 1.165) is 12.1 Å². The first-order valence-electron chi connectivity index (χ1n) is 8.20. The SMILES string of the molecule is Cc1cc(C(=O)Nc2c(F)cccc2F)nc(N(C)C2CCS(=O)(=O)C2)n1. The number of anilines is 2. The molecule has 7 nitrogen and oxygen atoms in total. The summed E-state index contributed by atoms with van der Waals surface area (Å²) in [5.41, 5.74) is -0.171. The molecule has 0 aliphatic carbocycles. The van der Waals surface area contributed by atoms with Gasteiger partial charge in [-0.25, -0.2) is 27.2 Å². The fourth-order valence-electron chi connectivity index (χ4n) is 2.87. The van der Waals surface area contributed by atoms with Gasteiger partial charge in [0.2, 0.25) is 5.95 Å². The summed E-state index contributed by atoms with van der Waals surface area (Å²) in [6.07, 6.45) is 0.443. The Morgan fingerprint density at radius 2 is 1.93 bits per heavy atom. The van der Waals surface area contributed by atoms with Gasteiger partial charge in [0.25, 0.3) is 5.91 Å². The van der Waals surface area contributed by atoms with Crippen LogP contribution in [0, 0.1) is 18.6 Å². The number of sulfone groups is 1. The highest BCUT2D eigenvalue weighted by molar-refractivity contribution is 7.91. The van der Waals surface area contributed by atoms with Crippen molar-refractivity contribution in [2.24, 2.45) is 0 Å². The van der Waals surface area contributed by atoms with Gasteiger partial charge in [-0.05, 0) is 31.5 Å². The van der Waals surface area contributed by atoms with E-state index < -0.39 is 33.1 Å². The van der Waals surface area contributed by atoms with Crippen molar-refractivity contribution >= 4 is 27.4 Å². The number of rotatable bonds is 4. The highest BCUT2D eigenvalue weighted by Gasteiger charge is 2.32. The quantitative estimate of drug-likeness (QED) is 0.849. The van der Waals surface area contributed by atoms with Gasteiger partial charge in [-0.15, -0.1) is 0 Å². The molecule has 1 atom stereocenters. The van der Waals surface area contributed by atoms with Crippen molar-refractivity contribution in [3.63, 3.8) is 0 Å². The molecule has 1 amide bonds. The predicted molar refractivity (Wildman–Crippen MR) is 96.5 cm³/mol. The monoisotopic (exact) mass is 396 g/mol. The first-order valence-corrected chi connectivity index (χ1v) is 10.0. The van der Waals surface area contributed by atoms with Crippen LogP contribution < -0.4 is 10.2 Å². The predicted octanol–water partition coefficient (Wildman–Crippen LogP) is 1.94. The standard InChI is InChI=1S/C17H18F2N4O3S/c1-10-8-14(16(24)22-15-12(18)4-3-5-13(15)19)21-17(20-10)23(2)11-6-7-27(25,26)9-11/h3-5,8,11H,6-7,9H2,1-2H3,(H,22,24). The van der Waals surface area contributed by atoms with Gasteiger partial charge in [-0.2, -0.15) is 0 Å². The molecule has 1 aliphatic heterocycles. The summed E-state index contributed by atoms with van der Waals surface area (Å²) in [6.45, 7) is 1.64. The van der Waals surface area contributed by atoms with Crippen LogP contribution in [0.1, 0.15) is 22.6 Å². The van der Waals surface area contributed by atoms with Gasteiger partial charge in [0.1, 0.15) is 23.0 Å². The smallest absolute Gasteiger partial charge is 0.274 e. The highest BCUT2D eigenvalue weighted by atomic mass is 32.2. The molecule has 0 saturated carbocycles. The molecular weight excluding hydrogens is 378 g/mol. The summed E-state index contributed by atoms with van der Waals surface area (Å²) < 4.78 is 50.8. The van der Waals surface area contributed by atoms with Crippen LogP contribution >= 0.6 is 0 Å². The number of para-hydroxylation sites is 1. The number of carbonyl (C=O) groups excluding carboxylic acids is 1. The van der Waals surface area contributed by atoms with E-state index in [-0.39, 0.29) is 29.2 Å². The van der Waals surface area contributed by atoms with Crippen molar-refractivity contribution in [3.8, 4) is 0 Å². The highest BCUT2D eigenvalue weighted by Crippen LogP contribution is 2.22. The average Bonchev–Trinajstić information content (AvgIpc) is 2.96. The molecule has 1 aromatic carbocycles. The van der Waals surface area contributed by atoms with Crippen molar-refractivity contribution in [1.82, 2.24) is 9.97 Å². The lowest BCUT2D eigenvalue weighted by Crippen LogP contribution is -2.34. The number of amides is 1. The molecule has 10 heteroatoms. The second kappa shape index (κ2) is 7.18. The second-order valence-electron chi connectivity index (χ2n) is 6.41. The summed E-state index contributed by atoms with van der Waals surface area (Å²) in [5.74, 6) is -2.34. The van der Waals surface area contributed by atoms with Gasteiger partial charge in [0, 0.05) is 18.8 Å². The number of hydrogen-bond donors (Lipinski definition) is 1. The number of nitrogens with one attached hydrogen (secondary N) is 1. The fourth-order valence-corrected chi connectivity index (χ4v) is 4.64. The Labute approximate surface area is 155 Å². The molecule has 1 fully saturated rings. The Morgan fingerprint density at radius 1 is 1.26 bits per heavy atom. The van der Waals surface area contributed by atoms with Crippen LogP contribution in [-0.4, -0.2) is 48.9 Å². The van der Waals surface area contributed by atoms with Crippen LogP contribution in [-0.2, 0) is 9.84 Å². The molecule has 27 heavy (non-hydrogen) atoms. The Balaban J connectivity index is 1.86. The zero-order valence-corrected chi connectivity index (χ0v) is 15.6. The zero-order chi connectivity index (χ0) is 19.8. The molecule has 1 N–H and O–H groups in total. The number of aryl methyl sites for hydroxylation is 1. The first-order chi connectivity index (χ1) is 12.7. The Morgan fingerprint density at radius 3 is 2.52 bits per heavy atom. The van der Waals surface area contributed by atoms with Crippen LogP contribution in [0.4, 0.5) is 20.4 Å². The van der Waals surface area contributed by atoms with E-state index in [9.17, 15) is 22.0 Å². The van der Waals surface area contributed by atoms with E-state index in [4.69, 9.17) is 0 Å². The lowest BCUT2D eigenvalue weighted by molar-refractivity contribution is 0.102. The number of aromatic nitrogens is 2. The van der Waals surface area contributed by atoms with Crippen molar-refractivity contribution in [2.75, 3.05) is 28.8 Å². The largest absolute Gasteiger partial charge is 0.340 e. The number of benzene rings is 1. The number of carbonyl (C=O) groups is 1. The topological polar surface area (TPSA) is 92.3 Å². The van der Waals surface area contributed by atoms with Gasteiger partial charge < -0.3 is 10.2 Å². The fraction of sp³-hybridized carbons (Fsp3) is 0.353. The molecule has 1 aliphatic rings. The van der Waals surface area contributed by atoms with Crippen LogP contribution in [0.25, 0.3) is 0 Å². The molecule has 1 saturated heterocycles. The van der Waals surface area contributed by atoms with Crippen molar-refractivity contribution in [2.45, 2.75) is 19.4 Å². The van der Waals surface area contributed by atoms with E-state index in [1.165, 1.54) is 12.1 Å². The maximum Gasteiger partial charge on any atom is 0.274 e. The van der Waals surface area contributed by atoms with Crippen LogP contribution in [0.2, 0.25) is 0 Å². The average molecular weight is 396 g/mol. The third kappa shape index (κ3) is 4.21. The van der Waals surface area contributed by atoms with Gasteiger partial charge in [0.15, 0.2) is 9.84 Å². The Kier molecular flexibility index (Phi) is 5.09. The maximum atomic E-state index is 13.7. The molecular formula is C17H18F2N4O3S. The summed E-state index contributed by atoms with van der Waals surface area (Å²) >= 11 is 0. The minimum atomic E-state index is -3.10. The van der Waals surface area contributed by atoms with Gasteiger partial charge in [-0.1, -0.05) is 6.07 Å². The van der Waals surface area contributed by atoms with E-state index in [0.29, 0.717) is 12.1 Å². The molecule has 0 radical (unpaired) electrons. The van der Waals surface area contributed by atoms with Crippen LogP contribution in [0.3, 0.4) is 0 Å². The summed E-state index contributed by atoms with van der Waals surface area (Å²) in [7, 11) is -1.44. The Bertz CT molecular complexity index is 977. The van der Waals surface area contributed by atoms with Gasteiger partial charge in [0.05, 0.1) is 11.5 Å². The van der Waals surface area contributed by atoms with E-state index in [1.54, 1.807) is 18.9 Å². The molecule has 2 heterocycles. The molecule has 1 unspecified atom stereocenters. The molecule has 0 bridgehead atoms. The third-order valence-electron chi connectivity index (χ3n) is 4.35. The van der Waals surface area contributed by atoms with Crippen molar-refractivity contribution in [1.29, 1.82) is 0 Å². The van der Waals surface area contributed by atoms with Crippen LogP contribution in [0.5, 0.6) is 0 Å². The zero-order valence-electron chi connectivity index (χ0n) is 14.7. The van der Waals surface area contributed by atoms with E-state index >= 15 is 0 Å².